The van der Waals surface area contributed by atoms with E-state index in [9.17, 15) is 4.79 Å². The molecule has 1 aromatic rings. The van der Waals surface area contributed by atoms with E-state index in [0.29, 0.717) is 5.57 Å². The van der Waals surface area contributed by atoms with Crippen LogP contribution in [0.2, 0.25) is 0 Å². The predicted molar refractivity (Wildman–Crippen MR) is 58.8 cm³/mol. The molecule has 0 amide bonds. The normalized spacial score (nSPS) is 9.79. The van der Waals surface area contributed by atoms with Crippen molar-refractivity contribution < 1.29 is 4.79 Å². The van der Waals surface area contributed by atoms with E-state index < -0.39 is 0 Å². The molecule has 70 valence electrons. The number of rotatable bonds is 3. The Bertz CT molecular complexity index is 393. The van der Waals surface area contributed by atoms with Crippen LogP contribution >= 0.6 is 0 Å². The minimum atomic E-state index is -0.0520. The van der Waals surface area contributed by atoms with Gasteiger partial charge in [-0.3, -0.25) is 4.79 Å². The topological polar surface area (TPSA) is 17.1 Å². The van der Waals surface area contributed by atoms with E-state index in [1.807, 2.05) is 30.3 Å². The number of hydrogen-bond acceptors (Lipinski definition) is 1. The largest absolute Gasteiger partial charge is 0.289 e. The van der Waals surface area contributed by atoms with Gasteiger partial charge >= 0.3 is 0 Å². The monoisotopic (exact) mass is 184 g/mol. The molecule has 1 rings (SSSR count). The molecule has 0 aliphatic carbocycles. The zero-order valence-corrected chi connectivity index (χ0v) is 8.16. The molecule has 0 aliphatic rings. The summed E-state index contributed by atoms with van der Waals surface area (Å²) in [5.74, 6) is -0.0520. The molecule has 0 saturated carbocycles. The van der Waals surface area contributed by atoms with Crippen molar-refractivity contribution in [3.05, 3.63) is 59.9 Å². The molecule has 0 aliphatic heterocycles. The van der Waals surface area contributed by atoms with Gasteiger partial charge in [0.1, 0.15) is 0 Å². The van der Waals surface area contributed by atoms with Crippen LogP contribution in [0.4, 0.5) is 0 Å². The van der Waals surface area contributed by atoms with Crippen LogP contribution in [0.3, 0.4) is 0 Å². The third-order valence-electron chi connectivity index (χ3n) is 1.86. The molecule has 0 radical (unpaired) electrons. The van der Waals surface area contributed by atoms with Crippen LogP contribution in [-0.2, 0) is 4.79 Å². The number of benzene rings is 1. The molecule has 0 atom stereocenters. The van der Waals surface area contributed by atoms with Crippen LogP contribution < -0.4 is 0 Å². The quantitative estimate of drug-likeness (QED) is 0.521. The zero-order chi connectivity index (χ0) is 10.4. The van der Waals surface area contributed by atoms with Gasteiger partial charge in [-0.1, -0.05) is 43.0 Å². The first-order chi connectivity index (χ1) is 6.74. The molecule has 1 heteroatoms. The van der Waals surface area contributed by atoms with Crippen molar-refractivity contribution in [3.8, 4) is 0 Å². The number of carbonyl (C=O) groups excluding carboxylic acids is 1. The summed E-state index contributed by atoms with van der Waals surface area (Å²) in [5.41, 5.74) is 4.12. The summed E-state index contributed by atoms with van der Waals surface area (Å²) in [6.45, 7) is 5.12. The van der Waals surface area contributed by atoms with E-state index in [0.717, 1.165) is 5.56 Å². The van der Waals surface area contributed by atoms with Gasteiger partial charge in [0.15, 0.2) is 5.78 Å². The lowest BCUT2D eigenvalue weighted by Crippen LogP contribution is -1.91. The Morgan fingerprint density at radius 3 is 2.57 bits per heavy atom. The second-order valence-corrected chi connectivity index (χ2v) is 2.91. The molecule has 0 aromatic heterocycles. The lowest BCUT2D eigenvalue weighted by atomic mass is 10.1. The Kier molecular flexibility index (Phi) is 3.66. The number of carbonyl (C=O) groups is 1. The highest BCUT2D eigenvalue weighted by molar-refractivity contribution is 6.05. The summed E-state index contributed by atoms with van der Waals surface area (Å²) < 4.78 is 0. The fourth-order valence-electron chi connectivity index (χ4n) is 0.948. The molecule has 0 saturated heterocycles. The number of allylic oxidation sites excluding steroid dienone is 2. The summed E-state index contributed by atoms with van der Waals surface area (Å²) in [4.78, 5) is 11.3. The van der Waals surface area contributed by atoms with E-state index in [2.05, 4.69) is 12.3 Å². The molecule has 1 nitrogen and oxygen atoms in total. The second kappa shape index (κ2) is 5.00. The van der Waals surface area contributed by atoms with Gasteiger partial charge in [-0.2, -0.15) is 0 Å². The summed E-state index contributed by atoms with van der Waals surface area (Å²) in [7, 11) is 0. The first-order valence-electron chi connectivity index (χ1n) is 4.38. The average Bonchev–Trinajstić information content (AvgIpc) is 2.26. The van der Waals surface area contributed by atoms with Gasteiger partial charge in [-0.05, 0) is 18.6 Å². The van der Waals surface area contributed by atoms with Crippen molar-refractivity contribution >= 4 is 11.9 Å². The van der Waals surface area contributed by atoms with Crippen LogP contribution in [0.5, 0.6) is 0 Å². The molecule has 14 heavy (non-hydrogen) atoms. The Balaban J connectivity index is 2.75. The molecule has 0 bridgehead atoms. The van der Waals surface area contributed by atoms with Gasteiger partial charge in [0.25, 0.3) is 0 Å². The van der Waals surface area contributed by atoms with Crippen molar-refractivity contribution in [2.75, 3.05) is 0 Å². The lowest BCUT2D eigenvalue weighted by molar-refractivity contribution is -0.111. The third-order valence-corrected chi connectivity index (χ3v) is 1.86. The Labute approximate surface area is 84.1 Å². The molecule has 0 spiro atoms. The summed E-state index contributed by atoms with van der Waals surface area (Å²) in [6.07, 6.45) is 3.31. The van der Waals surface area contributed by atoms with Gasteiger partial charge in [-0.25, -0.2) is 0 Å². The SMILES string of the molecule is C=C=C(C)C(=O)/C=C/c1ccccc1. The molecular weight excluding hydrogens is 172 g/mol. The van der Waals surface area contributed by atoms with E-state index in [1.165, 1.54) is 6.08 Å². The maximum Gasteiger partial charge on any atom is 0.189 e. The first-order valence-corrected chi connectivity index (χ1v) is 4.38. The van der Waals surface area contributed by atoms with Crippen molar-refractivity contribution in [3.63, 3.8) is 0 Å². The van der Waals surface area contributed by atoms with Gasteiger partial charge in [-0.15, -0.1) is 5.73 Å². The summed E-state index contributed by atoms with van der Waals surface area (Å²) in [5, 5.41) is 0. The summed E-state index contributed by atoms with van der Waals surface area (Å²) >= 11 is 0. The maximum absolute atomic E-state index is 11.3. The molecule has 0 N–H and O–H groups in total. The van der Waals surface area contributed by atoms with Gasteiger partial charge in [0.2, 0.25) is 0 Å². The lowest BCUT2D eigenvalue weighted by Gasteiger charge is -1.91. The van der Waals surface area contributed by atoms with E-state index in [-0.39, 0.29) is 5.78 Å². The van der Waals surface area contributed by atoms with Crippen molar-refractivity contribution in [2.24, 2.45) is 0 Å². The third kappa shape index (κ3) is 2.89. The van der Waals surface area contributed by atoms with E-state index in [1.54, 1.807) is 13.0 Å². The highest BCUT2D eigenvalue weighted by Gasteiger charge is 1.96. The number of ketones is 1. The fraction of sp³-hybridized carbons (Fsp3) is 0.0769. The average molecular weight is 184 g/mol. The first kappa shape index (κ1) is 10.2. The van der Waals surface area contributed by atoms with Crippen molar-refractivity contribution in [2.45, 2.75) is 6.92 Å². The number of hydrogen-bond donors (Lipinski definition) is 0. The van der Waals surface area contributed by atoms with Crippen LogP contribution in [-0.4, -0.2) is 5.78 Å². The van der Waals surface area contributed by atoms with E-state index in [4.69, 9.17) is 0 Å². The Hall–Kier alpha value is -1.85. The van der Waals surface area contributed by atoms with Gasteiger partial charge < -0.3 is 0 Å². The molecule has 1 aromatic carbocycles. The molecule has 0 heterocycles. The molecular formula is C13H12O. The zero-order valence-electron chi connectivity index (χ0n) is 8.16. The fourth-order valence-corrected chi connectivity index (χ4v) is 0.948. The van der Waals surface area contributed by atoms with Gasteiger partial charge in [0, 0.05) is 5.57 Å². The minimum absolute atomic E-state index is 0.0520. The molecule has 0 fully saturated rings. The highest BCUT2D eigenvalue weighted by atomic mass is 16.1. The van der Waals surface area contributed by atoms with Crippen molar-refractivity contribution in [1.82, 2.24) is 0 Å². The second-order valence-electron chi connectivity index (χ2n) is 2.91. The minimum Gasteiger partial charge on any atom is -0.289 e. The summed E-state index contributed by atoms with van der Waals surface area (Å²) in [6, 6.07) is 9.68. The van der Waals surface area contributed by atoms with Crippen molar-refractivity contribution in [1.29, 1.82) is 0 Å². The Morgan fingerprint density at radius 2 is 2.00 bits per heavy atom. The maximum atomic E-state index is 11.3. The van der Waals surface area contributed by atoms with Crippen LogP contribution in [0.25, 0.3) is 6.08 Å². The molecule has 0 unspecified atom stereocenters. The standard InChI is InChI=1S/C13H12O/c1-3-11(2)13(14)10-9-12-7-5-4-6-8-12/h4-10H,1H2,2H3/b10-9+. The predicted octanol–water partition coefficient (Wildman–Crippen LogP) is 3.00. The van der Waals surface area contributed by atoms with Crippen LogP contribution in [0, 0.1) is 0 Å². The smallest absolute Gasteiger partial charge is 0.189 e. The van der Waals surface area contributed by atoms with Gasteiger partial charge in [0.05, 0.1) is 0 Å². The van der Waals surface area contributed by atoms with E-state index >= 15 is 0 Å². The van der Waals surface area contributed by atoms with Crippen LogP contribution in [0.1, 0.15) is 12.5 Å². The highest BCUT2D eigenvalue weighted by Crippen LogP contribution is 2.02. The Morgan fingerprint density at radius 1 is 1.36 bits per heavy atom. The van der Waals surface area contributed by atoms with Crippen LogP contribution in [0.15, 0.2) is 54.3 Å².